The SMILES string of the molecule is Cn1ncc2c(SCC(=O)N3CCN(c4ccccc4[N+](=O)[O-])CC3)ncnc21. The summed E-state index contributed by atoms with van der Waals surface area (Å²) in [5.74, 6) is 0.292. The van der Waals surface area contributed by atoms with Crippen molar-refractivity contribution in [3.63, 3.8) is 0 Å². The molecule has 1 aliphatic heterocycles. The summed E-state index contributed by atoms with van der Waals surface area (Å²) in [6.07, 6.45) is 3.18. The molecular weight excluding hydrogens is 394 g/mol. The number of anilines is 1. The molecule has 0 aliphatic carbocycles. The van der Waals surface area contributed by atoms with E-state index in [2.05, 4.69) is 15.1 Å². The van der Waals surface area contributed by atoms with Gasteiger partial charge in [0.05, 0.1) is 22.3 Å². The average Bonchev–Trinajstić information content (AvgIpc) is 3.13. The highest BCUT2D eigenvalue weighted by Crippen LogP contribution is 2.29. The minimum absolute atomic E-state index is 0.0212. The van der Waals surface area contributed by atoms with E-state index in [0.29, 0.717) is 31.9 Å². The van der Waals surface area contributed by atoms with E-state index in [1.807, 2.05) is 11.9 Å². The molecule has 150 valence electrons. The molecule has 0 bridgehead atoms. The number of hydrogen-bond acceptors (Lipinski definition) is 8. The first-order valence-corrected chi connectivity index (χ1v) is 10.0. The van der Waals surface area contributed by atoms with Crippen LogP contribution in [0.5, 0.6) is 0 Å². The third-order valence-corrected chi connectivity index (χ3v) is 5.87. The Morgan fingerprint density at radius 3 is 2.72 bits per heavy atom. The van der Waals surface area contributed by atoms with Crippen LogP contribution in [-0.2, 0) is 11.8 Å². The normalized spacial score (nSPS) is 14.4. The van der Waals surface area contributed by atoms with Gasteiger partial charge in [-0.15, -0.1) is 0 Å². The van der Waals surface area contributed by atoms with Crippen LogP contribution in [0.4, 0.5) is 11.4 Å². The maximum atomic E-state index is 12.6. The minimum atomic E-state index is -0.371. The first-order valence-electron chi connectivity index (χ1n) is 9.06. The molecule has 11 heteroatoms. The zero-order valence-electron chi connectivity index (χ0n) is 15.8. The number of nitrogens with zero attached hydrogens (tertiary/aromatic N) is 7. The van der Waals surface area contributed by atoms with Crippen LogP contribution in [0.25, 0.3) is 11.0 Å². The number of piperazine rings is 1. The number of rotatable bonds is 5. The van der Waals surface area contributed by atoms with Crippen LogP contribution in [0.3, 0.4) is 0 Å². The van der Waals surface area contributed by atoms with E-state index >= 15 is 0 Å². The summed E-state index contributed by atoms with van der Waals surface area (Å²) < 4.78 is 1.67. The molecule has 0 saturated carbocycles. The van der Waals surface area contributed by atoms with Gasteiger partial charge >= 0.3 is 0 Å². The maximum absolute atomic E-state index is 12.6. The fourth-order valence-electron chi connectivity index (χ4n) is 3.36. The Bertz CT molecular complexity index is 1060. The van der Waals surface area contributed by atoms with Crippen molar-refractivity contribution in [1.82, 2.24) is 24.6 Å². The van der Waals surface area contributed by atoms with E-state index in [1.54, 1.807) is 34.0 Å². The summed E-state index contributed by atoms with van der Waals surface area (Å²) >= 11 is 1.37. The average molecular weight is 413 g/mol. The molecule has 3 aromatic rings. The third kappa shape index (κ3) is 3.86. The molecule has 1 amide bonds. The number of benzene rings is 1. The lowest BCUT2D eigenvalue weighted by molar-refractivity contribution is -0.384. The molecule has 1 fully saturated rings. The molecule has 0 unspecified atom stereocenters. The number of carbonyl (C=O) groups excluding carboxylic acids is 1. The molecule has 3 heterocycles. The fourth-order valence-corrected chi connectivity index (χ4v) is 4.22. The Hall–Kier alpha value is -3.21. The van der Waals surface area contributed by atoms with Gasteiger partial charge in [-0.25, -0.2) is 9.97 Å². The van der Waals surface area contributed by atoms with Crippen molar-refractivity contribution in [2.45, 2.75) is 5.03 Å². The first kappa shape index (κ1) is 19.1. The van der Waals surface area contributed by atoms with Crippen LogP contribution < -0.4 is 4.90 Å². The lowest BCUT2D eigenvalue weighted by Crippen LogP contribution is -2.49. The molecular formula is C18H19N7O3S. The summed E-state index contributed by atoms with van der Waals surface area (Å²) in [6, 6.07) is 6.70. The number of aromatic nitrogens is 4. The third-order valence-electron chi connectivity index (χ3n) is 4.88. The smallest absolute Gasteiger partial charge is 0.292 e. The van der Waals surface area contributed by atoms with E-state index in [0.717, 1.165) is 16.1 Å². The zero-order valence-corrected chi connectivity index (χ0v) is 16.6. The predicted octanol–water partition coefficient (Wildman–Crippen LogP) is 1.71. The van der Waals surface area contributed by atoms with Crippen molar-refractivity contribution in [1.29, 1.82) is 0 Å². The van der Waals surface area contributed by atoms with Gasteiger partial charge in [0, 0.05) is 39.3 Å². The Balaban J connectivity index is 1.36. The quantitative estimate of drug-likeness (QED) is 0.269. The maximum Gasteiger partial charge on any atom is 0.292 e. The van der Waals surface area contributed by atoms with Crippen LogP contribution in [0.2, 0.25) is 0 Å². The Morgan fingerprint density at radius 2 is 1.97 bits per heavy atom. The fraction of sp³-hybridized carbons (Fsp3) is 0.333. The number of fused-ring (bicyclic) bond motifs is 1. The van der Waals surface area contributed by atoms with Crippen LogP contribution in [0.1, 0.15) is 0 Å². The van der Waals surface area contributed by atoms with Crippen LogP contribution in [-0.4, -0.2) is 67.4 Å². The number of carbonyl (C=O) groups is 1. The molecule has 0 radical (unpaired) electrons. The van der Waals surface area contributed by atoms with Crippen LogP contribution in [0.15, 0.2) is 41.8 Å². The molecule has 0 atom stereocenters. The van der Waals surface area contributed by atoms with Crippen LogP contribution >= 0.6 is 11.8 Å². The van der Waals surface area contributed by atoms with Gasteiger partial charge in [-0.3, -0.25) is 19.6 Å². The molecule has 4 rings (SSSR count). The standard InChI is InChI=1S/C18H19N7O3S/c1-22-17-13(10-21-22)18(20-12-19-17)29-11-16(26)24-8-6-23(7-9-24)14-4-2-3-5-15(14)25(27)28/h2-5,10,12H,6-9,11H2,1H3. The molecule has 1 saturated heterocycles. The first-order chi connectivity index (χ1) is 14.0. The second kappa shape index (κ2) is 8.03. The van der Waals surface area contributed by atoms with Crippen LogP contribution in [0, 0.1) is 10.1 Å². The van der Waals surface area contributed by atoms with E-state index in [1.165, 1.54) is 24.2 Å². The Labute approximate surface area is 170 Å². The van der Waals surface area contributed by atoms with E-state index in [9.17, 15) is 14.9 Å². The summed E-state index contributed by atoms with van der Waals surface area (Å²) in [6.45, 7) is 2.16. The lowest BCUT2D eigenvalue weighted by Gasteiger charge is -2.35. The summed E-state index contributed by atoms with van der Waals surface area (Å²) in [4.78, 5) is 35.7. The number of nitro groups is 1. The molecule has 2 aromatic heterocycles. The lowest BCUT2D eigenvalue weighted by atomic mass is 10.2. The van der Waals surface area contributed by atoms with E-state index in [4.69, 9.17) is 0 Å². The van der Waals surface area contributed by atoms with E-state index < -0.39 is 0 Å². The number of nitro benzene ring substituents is 1. The van der Waals surface area contributed by atoms with Crippen molar-refractivity contribution in [2.75, 3.05) is 36.8 Å². The number of amides is 1. The van der Waals surface area contributed by atoms with Crippen molar-refractivity contribution in [3.05, 3.63) is 46.9 Å². The second-order valence-electron chi connectivity index (χ2n) is 6.59. The number of para-hydroxylation sites is 2. The summed E-state index contributed by atoms with van der Waals surface area (Å²) in [7, 11) is 1.81. The van der Waals surface area contributed by atoms with Gasteiger partial charge in [-0.2, -0.15) is 5.10 Å². The van der Waals surface area contributed by atoms with E-state index in [-0.39, 0.29) is 22.3 Å². The predicted molar refractivity (Wildman–Crippen MR) is 109 cm³/mol. The number of thioether (sulfide) groups is 1. The van der Waals surface area contributed by atoms with Gasteiger partial charge in [0.15, 0.2) is 5.65 Å². The van der Waals surface area contributed by atoms with Crippen molar-refractivity contribution in [3.8, 4) is 0 Å². The van der Waals surface area contributed by atoms with Crippen molar-refractivity contribution in [2.24, 2.45) is 7.05 Å². The van der Waals surface area contributed by atoms with Gasteiger partial charge in [0.2, 0.25) is 5.91 Å². The van der Waals surface area contributed by atoms with Crippen molar-refractivity contribution >= 4 is 40.1 Å². The summed E-state index contributed by atoms with van der Waals surface area (Å²) in [5.41, 5.74) is 1.42. The van der Waals surface area contributed by atoms with Gasteiger partial charge in [-0.1, -0.05) is 23.9 Å². The highest BCUT2D eigenvalue weighted by molar-refractivity contribution is 8.00. The van der Waals surface area contributed by atoms with Gasteiger partial charge in [-0.05, 0) is 6.07 Å². The van der Waals surface area contributed by atoms with Gasteiger partial charge in [0.1, 0.15) is 17.0 Å². The topological polar surface area (TPSA) is 110 Å². The summed E-state index contributed by atoms with van der Waals surface area (Å²) in [5, 5.41) is 17.0. The number of aryl methyl sites for hydroxylation is 1. The molecule has 10 nitrogen and oxygen atoms in total. The second-order valence-corrected chi connectivity index (χ2v) is 7.55. The zero-order chi connectivity index (χ0) is 20.4. The Morgan fingerprint density at radius 1 is 1.21 bits per heavy atom. The minimum Gasteiger partial charge on any atom is -0.362 e. The largest absolute Gasteiger partial charge is 0.362 e. The highest BCUT2D eigenvalue weighted by atomic mass is 32.2. The molecule has 29 heavy (non-hydrogen) atoms. The Kier molecular flexibility index (Phi) is 5.30. The van der Waals surface area contributed by atoms with Crippen molar-refractivity contribution < 1.29 is 9.72 Å². The molecule has 0 spiro atoms. The monoisotopic (exact) mass is 413 g/mol. The highest BCUT2D eigenvalue weighted by Gasteiger charge is 2.25. The molecule has 1 aromatic carbocycles. The van der Waals surface area contributed by atoms with Gasteiger partial charge in [0.25, 0.3) is 5.69 Å². The molecule has 0 N–H and O–H groups in total. The number of hydrogen-bond donors (Lipinski definition) is 0. The molecule has 1 aliphatic rings. The van der Waals surface area contributed by atoms with Gasteiger partial charge < -0.3 is 9.80 Å².